The second-order valence-corrected chi connectivity index (χ2v) is 10.1. The first kappa shape index (κ1) is 30.2. The molecule has 0 saturated carbocycles. The van der Waals surface area contributed by atoms with Gasteiger partial charge in [-0.25, -0.2) is 4.79 Å². The Morgan fingerprint density at radius 2 is 1.19 bits per heavy atom. The quantitative estimate of drug-likeness (QED) is 0.181. The molecule has 0 radical (unpaired) electrons. The molecule has 1 amide bonds. The lowest BCUT2D eigenvalue weighted by Crippen LogP contribution is -2.41. The first-order valence-electron chi connectivity index (χ1n) is 12.6. The van der Waals surface area contributed by atoms with Crippen LogP contribution in [0.5, 0.6) is 0 Å². The average Bonchev–Trinajstić information content (AvgIpc) is 2.72. The van der Waals surface area contributed by atoms with Gasteiger partial charge in [0.15, 0.2) is 0 Å². The molecular formula is C25H50N2O3S. The predicted octanol–water partition coefficient (Wildman–Crippen LogP) is 6.11. The van der Waals surface area contributed by atoms with E-state index in [9.17, 15) is 9.59 Å². The molecule has 0 aromatic rings. The maximum atomic E-state index is 11.9. The molecule has 0 rings (SSSR count). The van der Waals surface area contributed by atoms with Crippen LogP contribution in [0.1, 0.15) is 109 Å². The van der Waals surface area contributed by atoms with Crippen molar-refractivity contribution >= 4 is 23.6 Å². The van der Waals surface area contributed by atoms with Crippen LogP contribution in [0.15, 0.2) is 0 Å². The number of nitrogens with one attached hydrogen (secondary N) is 1. The number of aliphatic carboxylic acids is 1. The van der Waals surface area contributed by atoms with Crippen molar-refractivity contribution in [2.24, 2.45) is 0 Å². The van der Waals surface area contributed by atoms with E-state index < -0.39 is 12.0 Å². The molecule has 2 N–H and O–H groups in total. The minimum atomic E-state index is -0.932. The van der Waals surface area contributed by atoms with Crippen molar-refractivity contribution in [2.75, 3.05) is 32.6 Å². The molecule has 0 aliphatic heterocycles. The van der Waals surface area contributed by atoms with Crippen LogP contribution >= 0.6 is 11.8 Å². The number of amides is 1. The minimum absolute atomic E-state index is 0.123. The zero-order chi connectivity index (χ0) is 23.2. The fourth-order valence-corrected chi connectivity index (χ4v) is 4.24. The van der Waals surface area contributed by atoms with E-state index in [-0.39, 0.29) is 5.91 Å². The smallest absolute Gasteiger partial charge is 0.326 e. The van der Waals surface area contributed by atoms with Gasteiger partial charge in [-0.05, 0) is 51.9 Å². The van der Waals surface area contributed by atoms with Crippen molar-refractivity contribution in [3.05, 3.63) is 0 Å². The summed E-state index contributed by atoms with van der Waals surface area (Å²) in [6.45, 7) is 1.22. The normalized spacial score (nSPS) is 12.3. The lowest BCUT2D eigenvalue weighted by molar-refractivity contribution is -0.141. The monoisotopic (exact) mass is 458 g/mol. The second kappa shape index (κ2) is 22.4. The molecule has 5 nitrogen and oxygen atoms in total. The van der Waals surface area contributed by atoms with Crippen molar-refractivity contribution in [2.45, 2.75) is 115 Å². The lowest BCUT2D eigenvalue weighted by atomic mass is 10.0. The SMILES string of the molecule is CSCCC(NC(=O)CCCCCCCCCCCCCCCCCN(C)C)C(=O)O. The molecule has 0 bridgehead atoms. The first-order chi connectivity index (χ1) is 15.0. The number of hydrogen-bond donors (Lipinski definition) is 2. The van der Waals surface area contributed by atoms with Crippen LogP contribution in [0.4, 0.5) is 0 Å². The number of unbranched alkanes of at least 4 members (excludes halogenated alkanes) is 14. The summed E-state index contributed by atoms with van der Waals surface area (Å²) in [7, 11) is 4.30. The van der Waals surface area contributed by atoms with Gasteiger partial charge in [0, 0.05) is 6.42 Å². The number of thioether (sulfide) groups is 1. The molecule has 184 valence electrons. The van der Waals surface area contributed by atoms with Crippen LogP contribution in [0, 0.1) is 0 Å². The molecule has 31 heavy (non-hydrogen) atoms. The number of nitrogens with zero attached hydrogens (tertiary/aromatic N) is 1. The fourth-order valence-electron chi connectivity index (χ4n) is 3.77. The summed E-state index contributed by atoms with van der Waals surface area (Å²) in [4.78, 5) is 25.3. The molecule has 1 unspecified atom stereocenters. The van der Waals surface area contributed by atoms with E-state index in [1.807, 2.05) is 6.26 Å². The summed E-state index contributed by atoms with van der Waals surface area (Å²) in [6.07, 6.45) is 22.3. The molecule has 6 heteroatoms. The Bertz CT molecular complexity index is 433. The van der Waals surface area contributed by atoms with Crippen molar-refractivity contribution < 1.29 is 14.7 Å². The van der Waals surface area contributed by atoms with Gasteiger partial charge < -0.3 is 15.3 Å². The zero-order valence-electron chi connectivity index (χ0n) is 20.6. The topological polar surface area (TPSA) is 69.6 Å². The Kier molecular flexibility index (Phi) is 21.9. The molecule has 0 aliphatic rings. The van der Waals surface area contributed by atoms with E-state index in [2.05, 4.69) is 24.3 Å². The summed E-state index contributed by atoms with van der Waals surface area (Å²) in [5.74, 6) is -0.311. The number of carboxylic acid groups (broad SMARTS) is 1. The largest absolute Gasteiger partial charge is 0.480 e. The molecule has 0 saturated heterocycles. The van der Waals surface area contributed by atoms with Crippen LogP contribution in [0.25, 0.3) is 0 Å². The summed E-state index contributed by atoms with van der Waals surface area (Å²) in [6, 6.07) is -0.743. The van der Waals surface area contributed by atoms with Gasteiger partial charge in [-0.3, -0.25) is 4.79 Å². The minimum Gasteiger partial charge on any atom is -0.480 e. The molecule has 0 aromatic heterocycles. The third-order valence-corrected chi connectivity index (χ3v) is 6.40. The Labute approximate surface area is 196 Å². The highest BCUT2D eigenvalue weighted by atomic mass is 32.2. The van der Waals surface area contributed by atoms with E-state index in [0.29, 0.717) is 12.8 Å². The number of rotatable bonds is 23. The Morgan fingerprint density at radius 1 is 0.774 bits per heavy atom. The third-order valence-electron chi connectivity index (χ3n) is 5.75. The average molecular weight is 459 g/mol. The van der Waals surface area contributed by atoms with Gasteiger partial charge in [-0.15, -0.1) is 0 Å². The number of carboxylic acids is 1. The summed E-state index contributed by atoms with van der Waals surface area (Å²) < 4.78 is 0. The van der Waals surface area contributed by atoms with E-state index in [1.165, 1.54) is 90.0 Å². The molecule has 0 fully saturated rings. The Balaban J connectivity index is 3.34. The number of carbonyl (C=O) groups is 2. The molecule has 0 heterocycles. The third kappa shape index (κ3) is 22.2. The van der Waals surface area contributed by atoms with Crippen LogP contribution in [-0.4, -0.2) is 60.6 Å². The fraction of sp³-hybridized carbons (Fsp3) is 0.920. The van der Waals surface area contributed by atoms with Crippen LogP contribution in [0.2, 0.25) is 0 Å². The summed E-state index contributed by atoms with van der Waals surface area (Å²) in [5, 5.41) is 11.8. The maximum Gasteiger partial charge on any atom is 0.326 e. The van der Waals surface area contributed by atoms with Gasteiger partial charge >= 0.3 is 5.97 Å². The molecule has 0 aromatic carbocycles. The summed E-state index contributed by atoms with van der Waals surface area (Å²) in [5.41, 5.74) is 0. The lowest BCUT2D eigenvalue weighted by Gasteiger charge is -2.13. The first-order valence-corrected chi connectivity index (χ1v) is 14.0. The van der Waals surface area contributed by atoms with Gasteiger partial charge in [0.1, 0.15) is 6.04 Å². The van der Waals surface area contributed by atoms with Crippen LogP contribution in [-0.2, 0) is 9.59 Å². The van der Waals surface area contributed by atoms with E-state index in [1.54, 1.807) is 11.8 Å². The maximum absolute atomic E-state index is 11.9. The highest BCUT2D eigenvalue weighted by Crippen LogP contribution is 2.14. The standard InChI is InChI=1S/C25H50N2O3S/c1-27(2)21-18-16-14-12-10-8-6-4-5-7-9-11-13-15-17-19-24(28)26-23(25(29)30)20-22-31-3/h23H,4-22H2,1-3H3,(H,26,28)(H,29,30). The van der Waals surface area contributed by atoms with Crippen LogP contribution < -0.4 is 5.32 Å². The Hall–Kier alpha value is -0.750. The number of hydrogen-bond acceptors (Lipinski definition) is 4. The summed E-state index contributed by atoms with van der Waals surface area (Å²) >= 11 is 1.60. The van der Waals surface area contributed by atoms with E-state index >= 15 is 0 Å². The predicted molar refractivity (Wildman–Crippen MR) is 135 cm³/mol. The molecule has 0 aliphatic carbocycles. The van der Waals surface area contributed by atoms with Crippen molar-refractivity contribution in [3.8, 4) is 0 Å². The number of carbonyl (C=O) groups excluding carboxylic acids is 1. The zero-order valence-corrected chi connectivity index (χ0v) is 21.4. The second-order valence-electron chi connectivity index (χ2n) is 9.10. The van der Waals surface area contributed by atoms with Crippen molar-refractivity contribution in [3.63, 3.8) is 0 Å². The van der Waals surface area contributed by atoms with Crippen molar-refractivity contribution in [1.82, 2.24) is 10.2 Å². The highest BCUT2D eigenvalue weighted by molar-refractivity contribution is 7.98. The highest BCUT2D eigenvalue weighted by Gasteiger charge is 2.18. The van der Waals surface area contributed by atoms with E-state index in [0.717, 1.165) is 18.6 Å². The van der Waals surface area contributed by atoms with E-state index in [4.69, 9.17) is 5.11 Å². The molecule has 0 spiro atoms. The van der Waals surface area contributed by atoms with Gasteiger partial charge in [-0.2, -0.15) is 11.8 Å². The van der Waals surface area contributed by atoms with Gasteiger partial charge in [0.05, 0.1) is 0 Å². The molecular weight excluding hydrogens is 408 g/mol. The Morgan fingerprint density at radius 3 is 1.58 bits per heavy atom. The van der Waals surface area contributed by atoms with Crippen LogP contribution in [0.3, 0.4) is 0 Å². The van der Waals surface area contributed by atoms with Crippen molar-refractivity contribution in [1.29, 1.82) is 0 Å². The van der Waals surface area contributed by atoms with Gasteiger partial charge in [0.25, 0.3) is 0 Å². The van der Waals surface area contributed by atoms with Gasteiger partial charge in [-0.1, -0.05) is 83.5 Å². The van der Waals surface area contributed by atoms with Gasteiger partial charge in [0.2, 0.25) is 5.91 Å². The molecule has 1 atom stereocenters.